The number of hydrogen-bond donors (Lipinski definition) is 2. The number of anilines is 1. The lowest BCUT2D eigenvalue weighted by Crippen LogP contribution is -2.22. The van der Waals surface area contributed by atoms with Gasteiger partial charge in [-0.3, -0.25) is 9.59 Å². The summed E-state index contributed by atoms with van der Waals surface area (Å²) in [6.45, 7) is 2.68. The summed E-state index contributed by atoms with van der Waals surface area (Å²) in [6, 6.07) is 3.11. The van der Waals surface area contributed by atoms with Gasteiger partial charge in [0.2, 0.25) is 0 Å². The summed E-state index contributed by atoms with van der Waals surface area (Å²) in [4.78, 5) is 26.6. The number of aryl methyl sites for hydroxylation is 1. The quantitative estimate of drug-likeness (QED) is 0.400. The zero-order valence-electron chi connectivity index (χ0n) is 17.9. The maximum atomic E-state index is 12.9. The van der Waals surface area contributed by atoms with Gasteiger partial charge in [-0.25, -0.2) is 0 Å². The molecule has 168 valence electrons. The van der Waals surface area contributed by atoms with Crippen molar-refractivity contribution in [3.63, 3.8) is 0 Å². The average molecular weight is 483 g/mol. The Labute approximate surface area is 197 Å². The molecule has 0 saturated heterocycles. The number of thiophene rings is 1. The minimum absolute atomic E-state index is 0.183. The van der Waals surface area contributed by atoms with E-state index >= 15 is 0 Å². The van der Waals surface area contributed by atoms with E-state index in [1.54, 1.807) is 19.2 Å². The highest BCUT2D eigenvalue weighted by atomic mass is 35.5. The predicted octanol–water partition coefficient (Wildman–Crippen LogP) is 6.50. The fraction of sp³-hybridized carbons (Fsp3) is 0.478. The number of hydrogen-bond acceptors (Lipinski definition) is 4. The molecule has 0 spiro atoms. The first-order valence-corrected chi connectivity index (χ1v) is 12.3. The van der Waals surface area contributed by atoms with Gasteiger partial charge >= 0.3 is 0 Å². The molecule has 2 amide bonds. The minimum atomic E-state index is -0.359. The second-order valence-corrected chi connectivity index (χ2v) is 9.55. The molecule has 1 aromatic carbocycles. The van der Waals surface area contributed by atoms with Crippen molar-refractivity contribution in [2.24, 2.45) is 0 Å². The van der Waals surface area contributed by atoms with E-state index in [2.05, 4.69) is 17.6 Å². The highest BCUT2D eigenvalue weighted by Gasteiger charge is 2.26. The van der Waals surface area contributed by atoms with Gasteiger partial charge in [0.15, 0.2) is 5.75 Å². The van der Waals surface area contributed by atoms with E-state index < -0.39 is 0 Å². The van der Waals surface area contributed by atoms with Crippen LogP contribution in [0.1, 0.15) is 76.6 Å². The van der Waals surface area contributed by atoms with Crippen LogP contribution in [-0.4, -0.2) is 25.5 Å². The third-order valence-corrected chi connectivity index (χ3v) is 7.13. The van der Waals surface area contributed by atoms with Gasteiger partial charge < -0.3 is 15.4 Å². The highest BCUT2D eigenvalue weighted by Crippen LogP contribution is 2.39. The van der Waals surface area contributed by atoms with Crippen molar-refractivity contribution in [2.45, 2.75) is 58.3 Å². The number of fused-ring (bicyclic) bond motifs is 1. The molecule has 3 rings (SSSR count). The first kappa shape index (κ1) is 23.9. The SMILES string of the molecule is CCCCCCOc1c(Cl)cc(C(=O)Nc2sc3c(c2C(=O)NC)CCCC3)cc1Cl. The molecule has 1 aliphatic rings. The maximum absolute atomic E-state index is 12.9. The molecule has 2 aromatic rings. The van der Waals surface area contributed by atoms with Crippen molar-refractivity contribution in [3.05, 3.63) is 43.7 Å². The number of nitrogens with one attached hydrogen (secondary N) is 2. The molecule has 5 nitrogen and oxygen atoms in total. The van der Waals surface area contributed by atoms with Crippen LogP contribution >= 0.6 is 34.5 Å². The Morgan fingerprint density at radius 2 is 1.77 bits per heavy atom. The number of rotatable bonds is 9. The topological polar surface area (TPSA) is 67.4 Å². The minimum Gasteiger partial charge on any atom is -0.490 e. The third-order valence-electron chi connectivity index (χ3n) is 5.36. The summed E-state index contributed by atoms with van der Waals surface area (Å²) in [5, 5.41) is 6.75. The molecule has 1 aliphatic carbocycles. The number of amides is 2. The molecular formula is C23H28Cl2N2O3S. The Hall–Kier alpha value is -1.76. The Morgan fingerprint density at radius 3 is 2.45 bits per heavy atom. The molecule has 2 N–H and O–H groups in total. The van der Waals surface area contributed by atoms with Crippen molar-refractivity contribution in [2.75, 3.05) is 19.0 Å². The lowest BCUT2D eigenvalue weighted by molar-refractivity contribution is 0.0963. The fourth-order valence-electron chi connectivity index (χ4n) is 3.73. The van der Waals surface area contributed by atoms with Crippen LogP contribution in [0.15, 0.2) is 12.1 Å². The van der Waals surface area contributed by atoms with E-state index in [1.165, 1.54) is 16.2 Å². The van der Waals surface area contributed by atoms with Gasteiger partial charge in [-0.1, -0.05) is 49.4 Å². The predicted molar refractivity (Wildman–Crippen MR) is 128 cm³/mol. The second kappa shape index (κ2) is 11.2. The van der Waals surface area contributed by atoms with Crippen molar-refractivity contribution in [3.8, 4) is 5.75 Å². The largest absolute Gasteiger partial charge is 0.490 e. The van der Waals surface area contributed by atoms with Gasteiger partial charge in [0.25, 0.3) is 11.8 Å². The maximum Gasteiger partial charge on any atom is 0.256 e. The summed E-state index contributed by atoms with van der Waals surface area (Å²) in [5.74, 6) is -0.145. The summed E-state index contributed by atoms with van der Waals surface area (Å²) in [7, 11) is 1.60. The van der Waals surface area contributed by atoms with Crippen molar-refractivity contribution >= 4 is 51.4 Å². The molecule has 31 heavy (non-hydrogen) atoms. The van der Waals surface area contributed by atoms with Gasteiger partial charge in [0, 0.05) is 17.5 Å². The summed E-state index contributed by atoms with van der Waals surface area (Å²) < 4.78 is 5.74. The zero-order chi connectivity index (χ0) is 22.4. The highest BCUT2D eigenvalue weighted by molar-refractivity contribution is 7.17. The summed E-state index contributed by atoms with van der Waals surface area (Å²) in [6.07, 6.45) is 8.26. The molecular weight excluding hydrogens is 455 g/mol. The second-order valence-electron chi connectivity index (χ2n) is 7.63. The van der Waals surface area contributed by atoms with Gasteiger partial charge in [0.1, 0.15) is 5.00 Å². The van der Waals surface area contributed by atoms with Crippen LogP contribution in [0, 0.1) is 0 Å². The number of halogens is 2. The van der Waals surface area contributed by atoms with Crippen LogP contribution in [0.5, 0.6) is 5.75 Å². The Bertz CT molecular complexity index is 936. The molecule has 0 unspecified atom stereocenters. The number of carbonyl (C=O) groups is 2. The van der Waals surface area contributed by atoms with E-state index in [0.29, 0.717) is 38.5 Å². The van der Waals surface area contributed by atoms with Gasteiger partial charge in [-0.15, -0.1) is 11.3 Å². The van der Waals surface area contributed by atoms with E-state index in [1.807, 2.05) is 0 Å². The standard InChI is InChI=1S/C23H28Cl2N2O3S/c1-3-4-5-8-11-30-20-16(24)12-14(13-17(20)25)21(28)27-23-19(22(29)26-2)15-9-6-7-10-18(15)31-23/h12-13H,3-11H2,1-2H3,(H,26,29)(H,27,28). The van der Waals surface area contributed by atoms with E-state index in [4.69, 9.17) is 27.9 Å². The molecule has 1 aromatic heterocycles. The fourth-order valence-corrected chi connectivity index (χ4v) is 5.60. The lowest BCUT2D eigenvalue weighted by Gasteiger charge is -2.13. The van der Waals surface area contributed by atoms with Crippen LogP contribution in [-0.2, 0) is 12.8 Å². The van der Waals surface area contributed by atoms with Crippen LogP contribution in [0.4, 0.5) is 5.00 Å². The van der Waals surface area contributed by atoms with Crippen LogP contribution in [0.3, 0.4) is 0 Å². The normalized spacial score (nSPS) is 12.9. The molecule has 0 saturated carbocycles. The molecule has 0 aliphatic heterocycles. The van der Waals surface area contributed by atoms with Crippen molar-refractivity contribution in [1.29, 1.82) is 0 Å². The van der Waals surface area contributed by atoms with Gasteiger partial charge in [-0.05, 0) is 49.8 Å². The smallest absolute Gasteiger partial charge is 0.256 e. The van der Waals surface area contributed by atoms with Gasteiger partial charge in [-0.2, -0.15) is 0 Å². The van der Waals surface area contributed by atoms with E-state index in [0.717, 1.165) is 56.9 Å². The molecule has 0 radical (unpaired) electrons. The molecule has 0 fully saturated rings. The van der Waals surface area contributed by atoms with Crippen LogP contribution in [0.2, 0.25) is 10.0 Å². The average Bonchev–Trinajstić information content (AvgIpc) is 3.12. The first-order chi connectivity index (χ1) is 15.0. The molecule has 8 heteroatoms. The molecule has 1 heterocycles. The third kappa shape index (κ3) is 5.73. The number of unbranched alkanes of at least 4 members (excludes halogenated alkanes) is 3. The van der Waals surface area contributed by atoms with Gasteiger partial charge in [0.05, 0.1) is 22.2 Å². The molecule has 0 bridgehead atoms. The summed E-state index contributed by atoms with van der Waals surface area (Å²) in [5.41, 5.74) is 1.94. The van der Waals surface area contributed by atoms with Crippen LogP contribution in [0.25, 0.3) is 0 Å². The van der Waals surface area contributed by atoms with Crippen molar-refractivity contribution < 1.29 is 14.3 Å². The molecule has 0 atom stereocenters. The van der Waals surface area contributed by atoms with Crippen molar-refractivity contribution in [1.82, 2.24) is 5.32 Å². The number of carbonyl (C=O) groups excluding carboxylic acids is 2. The number of benzene rings is 1. The lowest BCUT2D eigenvalue weighted by atomic mass is 9.95. The first-order valence-electron chi connectivity index (χ1n) is 10.8. The Balaban J connectivity index is 1.77. The van der Waals surface area contributed by atoms with E-state index in [-0.39, 0.29) is 11.8 Å². The Morgan fingerprint density at radius 1 is 1.06 bits per heavy atom. The zero-order valence-corrected chi connectivity index (χ0v) is 20.2. The van der Waals surface area contributed by atoms with Crippen LogP contribution < -0.4 is 15.4 Å². The monoisotopic (exact) mass is 482 g/mol. The Kier molecular flexibility index (Phi) is 8.64. The van der Waals surface area contributed by atoms with E-state index in [9.17, 15) is 9.59 Å². The summed E-state index contributed by atoms with van der Waals surface area (Å²) >= 11 is 14.2. The number of ether oxygens (including phenoxy) is 1.